The Labute approximate surface area is 143 Å². The lowest BCUT2D eigenvalue weighted by Gasteiger charge is -2.08. The summed E-state index contributed by atoms with van der Waals surface area (Å²) in [6.07, 6.45) is 1.56. The van der Waals surface area contributed by atoms with Gasteiger partial charge in [-0.2, -0.15) is 0 Å². The van der Waals surface area contributed by atoms with Gasteiger partial charge in [-0.05, 0) is 18.2 Å². The van der Waals surface area contributed by atoms with Gasteiger partial charge in [-0.15, -0.1) is 11.3 Å². The largest absolute Gasteiger partial charge is 0.465 e. The average Bonchev–Trinajstić information content (AvgIpc) is 3.15. The van der Waals surface area contributed by atoms with E-state index in [1.165, 1.54) is 12.0 Å². The van der Waals surface area contributed by atoms with Gasteiger partial charge in [0.05, 0.1) is 53.9 Å². The van der Waals surface area contributed by atoms with Crippen LogP contribution in [-0.2, 0) is 36.0 Å². The number of hydrogen-bond donors (Lipinski definition) is 0. The molecule has 1 aromatic carbocycles. The van der Waals surface area contributed by atoms with Gasteiger partial charge in [-0.1, -0.05) is 0 Å². The number of nitrogens with zero attached hydrogens (tertiary/aromatic N) is 3. The van der Waals surface area contributed by atoms with Crippen LogP contribution in [0.25, 0.3) is 11.0 Å². The van der Waals surface area contributed by atoms with Crippen LogP contribution in [0.15, 0.2) is 18.2 Å². The summed E-state index contributed by atoms with van der Waals surface area (Å²) in [5.74, 6) is 0.579. The summed E-state index contributed by atoms with van der Waals surface area (Å²) in [4.78, 5) is 22.3. The number of imidazole rings is 1. The van der Waals surface area contributed by atoms with E-state index in [9.17, 15) is 4.79 Å². The summed E-state index contributed by atoms with van der Waals surface area (Å²) in [7, 11) is 3.36. The predicted octanol–water partition coefficient (Wildman–Crippen LogP) is 2.48. The fourth-order valence-corrected chi connectivity index (χ4v) is 3.99. The van der Waals surface area contributed by atoms with Crippen LogP contribution in [0, 0.1) is 0 Å². The molecule has 7 heteroatoms. The Morgan fingerprint density at radius 3 is 3.08 bits per heavy atom. The van der Waals surface area contributed by atoms with Gasteiger partial charge in [0.15, 0.2) is 0 Å². The van der Waals surface area contributed by atoms with Crippen molar-refractivity contribution in [1.82, 2.24) is 14.5 Å². The standard InChI is InChI=1S/C17H17N3O3S/c1-20-13-4-3-10(17(21)22-2)7-12(13)18-15(20)8-16-19-11-5-6-23-9-14(11)24-16/h3-4,7H,5-6,8-9H2,1-2H3. The van der Waals surface area contributed by atoms with Gasteiger partial charge < -0.3 is 14.0 Å². The normalized spacial score (nSPS) is 13.9. The quantitative estimate of drug-likeness (QED) is 0.684. The van der Waals surface area contributed by atoms with Crippen LogP contribution >= 0.6 is 11.3 Å². The topological polar surface area (TPSA) is 66.2 Å². The molecule has 0 unspecified atom stereocenters. The fraction of sp³-hybridized carbons (Fsp3) is 0.353. The lowest BCUT2D eigenvalue weighted by Crippen LogP contribution is -2.07. The predicted molar refractivity (Wildman–Crippen MR) is 90.3 cm³/mol. The zero-order valence-electron chi connectivity index (χ0n) is 13.5. The molecule has 0 atom stereocenters. The molecular weight excluding hydrogens is 326 g/mol. The number of benzene rings is 1. The number of ether oxygens (including phenoxy) is 2. The van der Waals surface area contributed by atoms with Gasteiger partial charge in [0.1, 0.15) is 10.8 Å². The highest BCUT2D eigenvalue weighted by molar-refractivity contribution is 7.11. The summed E-state index contributed by atoms with van der Waals surface area (Å²) in [5, 5.41) is 1.05. The molecule has 0 saturated heterocycles. The number of aryl methyl sites for hydroxylation is 1. The second kappa shape index (κ2) is 5.99. The van der Waals surface area contributed by atoms with E-state index in [2.05, 4.69) is 4.98 Å². The van der Waals surface area contributed by atoms with E-state index in [1.54, 1.807) is 23.5 Å². The molecule has 3 heterocycles. The lowest BCUT2D eigenvalue weighted by molar-refractivity contribution is 0.0601. The van der Waals surface area contributed by atoms with Crippen LogP contribution in [0.1, 0.15) is 31.8 Å². The minimum absolute atomic E-state index is 0.350. The smallest absolute Gasteiger partial charge is 0.337 e. The third-order valence-corrected chi connectivity index (χ3v) is 5.31. The SMILES string of the molecule is COC(=O)c1ccc2c(c1)nc(Cc1nc3c(s1)COCC3)n2C. The van der Waals surface area contributed by atoms with Crippen LogP contribution in [0.2, 0.25) is 0 Å². The Morgan fingerprint density at radius 1 is 1.42 bits per heavy atom. The van der Waals surface area contributed by atoms with Gasteiger partial charge in [-0.3, -0.25) is 0 Å². The first-order chi connectivity index (χ1) is 11.7. The first-order valence-corrected chi connectivity index (χ1v) is 8.56. The Hall–Kier alpha value is -2.25. The summed E-state index contributed by atoms with van der Waals surface area (Å²) in [6, 6.07) is 5.43. The molecule has 2 aromatic heterocycles. The number of rotatable bonds is 3. The number of thiazole rings is 1. The summed E-state index contributed by atoms with van der Waals surface area (Å²) >= 11 is 1.70. The molecule has 0 bridgehead atoms. The molecule has 3 aromatic rings. The molecule has 0 aliphatic carbocycles. The number of methoxy groups -OCH3 is 1. The second-order valence-corrected chi connectivity index (χ2v) is 6.91. The third kappa shape index (κ3) is 2.59. The van der Waals surface area contributed by atoms with E-state index in [0.29, 0.717) is 18.6 Å². The van der Waals surface area contributed by atoms with Crippen LogP contribution in [0.5, 0.6) is 0 Å². The minimum atomic E-state index is -0.350. The molecule has 1 aliphatic heterocycles. The maximum atomic E-state index is 11.7. The van der Waals surface area contributed by atoms with Crippen LogP contribution in [-0.4, -0.2) is 34.2 Å². The molecule has 6 nitrogen and oxygen atoms in total. The fourth-order valence-electron chi connectivity index (χ4n) is 2.94. The molecule has 0 saturated carbocycles. The number of fused-ring (bicyclic) bond motifs is 2. The van der Waals surface area contributed by atoms with Crippen molar-refractivity contribution in [2.45, 2.75) is 19.4 Å². The van der Waals surface area contributed by atoms with E-state index < -0.39 is 0 Å². The maximum Gasteiger partial charge on any atom is 0.337 e. The molecule has 4 rings (SSSR count). The zero-order valence-corrected chi connectivity index (χ0v) is 14.4. The number of hydrogen-bond acceptors (Lipinski definition) is 6. The highest BCUT2D eigenvalue weighted by atomic mass is 32.1. The van der Waals surface area contributed by atoms with Crippen molar-refractivity contribution in [2.24, 2.45) is 7.05 Å². The molecule has 0 N–H and O–H groups in total. The van der Waals surface area contributed by atoms with Gasteiger partial charge in [0, 0.05) is 13.5 Å². The number of esters is 1. The van der Waals surface area contributed by atoms with Crippen molar-refractivity contribution >= 4 is 28.3 Å². The Balaban J connectivity index is 1.67. The molecule has 1 aliphatic rings. The maximum absolute atomic E-state index is 11.7. The Morgan fingerprint density at radius 2 is 2.29 bits per heavy atom. The highest BCUT2D eigenvalue weighted by Crippen LogP contribution is 2.26. The summed E-state index contributed by atoms with van der Waals surface area (Å²) < 4.78 is 12.3. The van der Waals surface area contributed by atoms with Gasteiger partial charge in [-0.25, -0.2) is 14.8 Å². The van der Waals surface area contributed by atoms with Crippen molar-refractivity contribution in [3.8, 4) is 0 Å². The molecular formula is C17H17N3O3S. The van der Waals surface area contributed by atoms with E-state index in [0.717, 1.165) is 40.6 Å². The van der Waals surface area contributed by atoms with Crippen molar-refractivity contribution in [1.29, 1.82) is 0 Å². The number of aromatic nitrogens is 3. The van der Waals surface area contributed by atoms with Crippen LogP contribution in [0.4, 0.5) is 0 Å². The van der Waals surface area contributed by atoms with E-state index in [1.807, 2.05) is 17.7 Å². The molecule has 0 spiro atoms. The molecule has 0 radical (unpaired) electrons. The van der Waals surface area contributed by atoms with Crippen molar-refractivity contribution in [2.75, 3.05) is 13.7 Å². The third-order valence-electron chi connectivity index (χ3n) is 4.24. The van der Waals surface area contributed by atoms with Crippen molar-refractivity contribution < 1.29 is 14.3 Å². The van der Waals surface area contributed by atoms with Gasteiger partial charge in [0.2, 0.25) is 0 Å². The Bertz CT molecular complexity index is 905. The van der Waals surface area contributed by atoms with Crippen LogP contribution < -0.4 is 0 Å². The van der Waals surface area contributed by atoms with Gasteiger partial charge >= 0.3 is 5.97 Å². The van der Waals surface area contributed by atoms with Gasteiger partial charge in [0.25, 0.3) is 0 Å². The number of carbonyl (C=O) groups excluding carboxylic acids is 1. The van der Waals surface area contributed by atoms with E-state index in [-0.39, 0.29) is 5.97 Å². The van der Waals surface area contributed by atoms with Crippen LogP contribution in [0.3, 0.4) is 0 Å². The summed E-state index contributed by atoms with van der Waals surface area (Å²) in [5.41, 5.74) is 3.45. The first-order valence-electron chi connectivity index (χ1n) is 7.74. The van der Waals surface area contributed by atoms with Crippen molar-refractivity contribution in [3.63, 3.8) is 0 Å². The van der Waals surface area contributed by atoms with E-state index >= 15 is 0 Å². The van der Waals surface area contributed by atoms with Crippen molar-refractivity contribution in [3.05, 3.63) is 45.2 Å². The highest BCUT2D eigenvalue weighted by Gasteiger charge is 2.18. The monoisotopic (exact) mass is 343 g/mol. The summed E-state index contributed by atoms with van der Waals surface area (Å²) in [6.45, 7) is 1.41. The number of carbonyl (C=O) groups is 1. The first kappa shape index (κ1) is 15.3. The Kier molecular flexibility index (Phi) is 3.82. The molecule has 0 amide bonds. The zero-order chi connectivity index (χ0) is 16.7. The van der Waals surface area contributed by atoms with E-state index in [4.69, 9.17) is 14.5 Å². The molecule has 124 valence electrons. The lowest BCUT2D eigenvalue weighted by atomic mass is 10.2. The second-order valence-electron chi connectivity index (χ2n) is 5.74. The minimum Gasteiger partial charge on any atom is -0.465 e. The average molecular weight is 343 g/mol. The molecule has 0 fully saturated rings. The molecule has 24 heavy (non-hydrogen) atoms.